The Kier molecular flexibility index (Phi) is 11.9. The van der Waals surface area contributed by atoms with Crippen molar-refractivity contribution < 1.29 is 0 Å². The lowest BCUT2D eigenvalue weighted by atomic mass is 9.33. The SMILES string of the molecule is CC(C)c1cc2c3c(c1)N(c1ccc(C(C)(C)C)cc1-c1cccc(-c4ccc(C(C)(C)C)cc4)c1)c1ccc(C(C)(C)C)cc1B3c1cc3c(cc1N2c1ccc2c(c1)C(C)(C)CCC2(C)C)C(C)(C)CCC3(C)C. The fraction of sp³-hybridized carbons (Fsp3) is 0.425. The van der Waals surface area contributed by atoms with E-state index in [2.05, 4.69) is 269 Å². The number of hydrogen-bond acceptors (Lipinski definition) is 2. The minimum atomic E-state index is -0.0543. The van der Waals surface area contributed by atoms with Gasteiger partial charge in [-0.15, -0.1) is 0 Å². The van der Waals surface area contributed by atoms with E-state index < -0.39 is 0 Å². The number of benzene rings is 7. The van der Waals surface area contributed by atoms with Crippen LogP contribution >= 0.6 is 0 Å². The van der Waals surface area contributed by atoms with Gasteiger partial charge in [0.05, 0.1) is 5.69 Å². The normalized spacial score (nSPS) is 17.9. The quantitative estimate of drug-likeness (QED) is 0.159. The Labute approximate surface area is 459 Å². The number of nitrogens with zero attached hydrogens (tertiary/aromatic N) is 2. The molecule has 0 radical (unpaired) electrons. The molecule has 0 saturated heterocycles. The third kappa shape index (κ3) is 8.61. The van der Waals surface area contributed by atoms with Gasteiger partial charge < -0.3 is 9.80 Å². The molecule has 2 aliphatic heterocycles. The molecule has 7 aromatic carbocycles. The second-order valence-electron chi connectivity index (χ2n) is 29.9. The van der Waals surface area contributed by atoms with Crippen LogP contribution in [-0.2, 0) is 37.9 Å². The molecule has 0 spiro atoms. The topological polar surface area (TPSA) is 6.48 Å². The maximum Gasteiger partial charge on any atom is 0.252 e. The summed E-state index contributed by atoms with van der Waals surface area (Å²) in [4.78, 5) is 5.43. The van der Waals surface area contributed by atoms with Crippen molar-refractivity contribution in [2.75, 3.05) is 9.80 Å². The van der Waals surface area contributed by atoms with Gasteiger partial charge in [-0.3, -0.25) is 0 Å². The molecule has 392 valence electrons. The molecule has 4 aliphatic rings. The van der Waals surface area contributed by atoms with Crippen molar-refractivity contribution in [3.63, 3.8) is 0 Å². The van der Waals surface area contributed by atoms with Crippen molar-refractivity contribution in [1.29, 1.82) is 0 Å². The van der Waals surface area contributed by atoms with E-state index in [-0.39, 0.29) is 44.6 Å². The van der Waals surface area contributed by atoms with Crippen LogP contribution < -0.4 is 26.2 Å². The fourth-order valence-electron chi connectivity index (χ4n) is 13.6. The zero-order valence-electron chi connectivity index (χ0n) is 50.0. The monoisotopic (exact) mass is 1000 g/mol. The summed E-state index contributed by atoms with van der Waals surface area (Å²) in [5, 5.41) is 0. The summed E-state index contributed by atoms with van der Waals surface area (Å²) in [5.74, 6) is 0.297. The van der Waals surface area contributed by atoms with Crippen molar-refractivity contribution in [3.8, 4) is 22.3 Å². The van der Waals surface area contributed by atoms with Gasteiger partial charge >= 0.3 is 0 Å². The van der Waals surface area contributed by atoms with Gasteiger partial charge in [-0.25, -0.2) is 0 Å². The molecule has 76 heavy (non-hydrogen) atoms. The Bertz CT molecular complexity index is 3460. The Morgan fingerprint density at radius 3 is 1.46 bits per heavy atom. The first kappa shape index (κ1) is 52.3. The molecule has 2 aliphatic carbocycles. The summed E-state index contributed by atoms with van der Waals surface area (Å²) in [6, 6.07) is 51.7. The van der Waals surface area contributed by atoms with Crippen molar-refractivity contribution >= 4 is 57.2 Å². The van der Waals surface area contributed by atoms with Crippen molar-refractivity contribution in [1.82, 2.24) is 0 Å². The highest BCUT2D eigenvalue weighted by molar-refractivity contribution is 7.00. The van der Waals surface area contributed by atoms with Gasteiger partial charge in [-0.2, -0.15) is 0 Å². The molecule has 3 heteroatoms. The Morgan fingerprint density at radius 2 is 0.882 bits per heavy atom. The van der Waals surface area contributed by atoms with E-state index in [1.54, 1.807) is 0 Å². The van der Waals surface area contributed by atoms with E-state index in [9.17, 15) is 0 Å². The van der Waals surface area contributed by atoms with Crippen LogP contribution in [0.3, 0.4) is 0 Å². The summed E-state index contributed by atoms with van der Waals surface area (Å²) in [6.07, 6.45) is 4.71. The van der Waals surface area contributed by atoms with Crippen molar-refractivity contribution in [2.24, 2.45) is 0 Å². The summed E-state index contributed by atoms with van der Waals surface area (Å²) in [6.45, 7) is 45.8. The Morgan fingerprint density at radius 1 is 0.395 bits per heavy atom. The summed E-state index contributed by atoms with van der Waals surface area (Å²) in [7, 11) is 0. The lowest BCUT2D eigenvalue weighted by Gasteiger charge is -2.48. The third-order valence-corrected chi connectivity index (χ3v) is 19.0. The standard InChI is InChI=1S/C73H87BN2/c1-45(2)49-38-64-66-65(39-49)76(61-31-27-51(68(6,7)8)40-54(61)48-22-20-21-47(37-48)46-23-25-50(26-24-46)67(3,4)5)62-32-28-52(69(9,10)11)41-59(62)74(66)60-43-57-58(73(18,19)36-35-72(57,16)17)44-63(60)75(64)53-29-30-55-56(42-53)71(14,15)34-33-70(55,12)13/h20-32,37-45H,33-36H2,1-19H3. The molecule has 11 rings (SSSR count). The highest BCUT2D eigenvalue weighted by atomic mass is 15.2. The average molecular weight is 1000 g/mol. The Hall–Kier alpha value is -5.80. The highest BCUT2D eigenvalue weighted by Gasteiger charge is 2.48. The van der Waals surface area contributed by atoms with Crippen LogP contribution in [0.25, 0.3) is 22.3 Å². The predicted octanol–water partition coefficient (Wildman–Crippen LogP) is 18.8. The van der Waals surface area contributed by atoms with Gasteiger partial charge in [-0.1, -0.05) is 204 Å². The van der Waals surface area contributed by atoms with E-state index in [4.69, 9.17) is 0 Å². The molecule has 0 unspecified atom stereocenters. The molecule has 0 fully saturated rings. The fourth-order valence-corrected chi connectivity index (χ4v) is 13.6. The van der Waals surface area contributed by atoms with Gasteiger partial charge in [-0.05, 0) is 202 Å². The maximum absolute atomic E-state index is 2.74. The van der Waals surface area contributed by atoms with Crippen molar-refractivity contribution in [3.05, 3.63) is 172 Å². The van der Waals surface area contributed by atoms with E-state index in [0.717, 1.165) is 0 Å². The Balaban J connectivity index is 1.24. The van der Waals surface area contributed by atoms with Gasteiger partial charge in [0.2, 0.25) is 0 Å². The lowest BCUT2D eigenvalue weighted by molar-refractivity contribution is 0.332. The second-order valence-corrected chi connectivity index (χ2v) is 29.9. The molecule has 0 atom stereocenters. The minimum absolute atomic E-state index is 0.0156. The minimum Gasteiger partial charge on any atom is -0.311 e. The van der Waals surface area contributed by atoms with Gasteiger partial charge in [0, 0.05) is 34.0 Å². The van der Waals surface area contributed by atoms with Crippen LogP contribution in [0.2, 0.25) is 0 Å². The van der Waals surface area contributed by atoms with E-state index >= 15 is 0 Å². The summed E-state index contributed by atoms with van der Waals surface area (Å²) < 4.78 is 0. The molecule has 0 N–H and O–H groups in total. The third-order valence-electron chi connectivity index (χ3n) is 19.0. The van der Waals surface area contributed by atoms with Gasteiger partial charge in [0.25, 0.3) is 6.71 Å². The largest absolute Gasteiger partial charge is 0.311 e. The molecule has 2 heterocycles. The van der Waals surface area contributed by atoms with E-state index in [1.807, 2.05) is 0 Å². The number of hydrogen-bond donors (Lipinski definition) is 0. The zero-order valence-corrected chi connectivity index (χ0v) is 50.0. The van der Waals surface area contributed by atoms with E-state index in [0.29, 0.717) is 5.92 Å². The molecule has 0 amide bonds. The molecular weight excluding hydrogens is 916 g/mol. The predicted molar refractivity (Wildman–Crippen MR) is 332 cm³/mol. The van der Waals surface area contributed by atoms with Crippen LogP contribution in [-0.4, -0.2) is 6.71 Å². The van der Waals surface area contributed by atoms with E-state index in [1.165, 1.54) is 143 Å². The van der Waals surface area contributed by atoms with Crippen LogP contribution in [0, 0.1) is 0 Å². The molecule has 0 bridgehead atoms. The van der Waals surface area contributed by atoms with Gasteiger partial charge in [0.15, 0.2) is 0 Å². The second kappa shape index (κ2) is 17.4. The zero-order chi connectivity index (χ0) is 54.6. The van der Waals surface area contributed by atoms with Crippen LogP contribution in [0.5, 0.6) is 0 Å². The number of fused-ring (bicyclic) bond motifs is 6. The van der Waals surface area contributed by atoms with Crippen molar-refractivity contribution in [2.45, 2.75) is 201 Å². The summed E-state index contributed by atoms with van der Waals surface area (Å²) in [5.41, 5.74) is 28.5. The molecular formula is C73H87BN2. The molecule has 0 aromatic heterocycles. The smallest absolute Gasteiger partial charge is 0.252 e. The maximum atomic E-state index is 2.74. The first-order valence-corrected chi connectivity index (χ1v) is 29.0. The first-order valence-electron chi connectivity index (χ1n) is 29.0. The first-order chi connectivity index (χ1) is 35.4. The highest BCUT2D eigenvalue weighted by Crippen LogP contribution is 2.54. The lowest BCUT2D eigenvalue weighted by Crippen LogP contribution is -2.62. The average Bonchev–Trinajstić information content (AvgIpc) is 3.53. The van der Waals surface area contributed by atoms with Crippen LogP contribution in [0.1, 0.15) is 208 Å². The summed E-state index contributed by atoms with van der Waals surface area (Å²) >= 11 is 0. The number of anilines is 6. The van der Waals surface area contributed by atoms with Crippen LogP contribution in [0.15, 0.2) is 127 Å². The molecule has 7 aromatic rings. The molecule has 2 nitrogen and oxygen atoms in total. The molecule has 0 saturated carbocycles. The van der Waals surface area contributed by atoms with Gasteiger partial charge in [0.1, 0.15) is 0 Å². The number of rotatable bonds is 5. The van der Waals surface area contributed by atoms with Crippen LogP contribution in [0.4, 0.5) is 34.1 Å².